The van der Waals surface area contributed by atoms with Crippen molar-refractivity contribution in [2.45, 2.75) is 52.9 Å². The van der Waals surface area contributed by atoms with E-state index in [1.165, 1.54) is 0 Å². The van der Waals surface area contributed by atoms with Crippen molar-refractivity contribution < 1.29 is 19.2 Å². The number of ether oxygens (including phenoxy) is 1. The van der Waals surface area contributed by atoms with Crippen LogP contribution >= 0.6 is 0 Å². The van der Waals surface area contributed by atoms with Crippen molar-refractivity contribution >= 4 is 5.91 Å². The number of rotatable bonds is 8. The first-order chi connectivity index (χ1) is 11.6. The van der Waals surface area contributed by atoms with Crippen molar-refractivity contribution in [3.63, 3.8) is 0 Å². The summed E-state index contributed by atoms with van der Waals surface area (Å²) in [7, 11) is 0. The molecule has 1 unspecified atom stereocenters. The Morgan fingerprint density at radius 2 is 2.17 bits per heavy atom. The molecule has 0 aliphatic heterocycles. The zero-order chi connectivity index (χ0) is 17.5. The van der Waals surface area contributed by atoms with Gasteiger partial charge in [0.1, 0.15) is 11.5 Å². The fraction of sp³-hybridized carbons (Fsp3) is 0.444. The van der Waals surface area contributed by atoms with Crippen LogP contribution in [-0.4, -0.2) is 22.3 Å². The minimum absolute atomic E-state index is 0.0646. The average molecular weight is 332 g/mol. The van der Waals surface area contributed by atoms with Gasteiger partial charge in [0.25, 0.3) is 5.91 Å². The van der Waals surface area contributed by atoms with Gasteiger partial charge in [-0.3, -0.25) is 4.79 Å². The third-order valence-electron chi connectivity index (χ3n) is 3.81. The van der Waals surface area contributed by atoms with Gasteiger partial charge in [-0.2, -0.15) is 0 Å². The smallest absolute Gasteiger partial charge is 0.261 e. The molecule has 0 bridgehead atoms. The Balaban J connectivity index is 1.95. The van der Waals surface area contributed by atoms with E-state index in [2.05, 4.69) is 10.5 Å². The number of aliphatic hydroxyl groups excluding tert-OH is 1. The minimum Gasteiger partial charge on any atom is -0.481 e. The van der Waals surface area contributed by atoms with Crippen LogP contribution in [0.1, 0.15) is 43.4 Å². The fourth-order valence-electron chi connectivity index (χ4n) is 2.43. The molecule has 0 spiro atoms. The van der Waals surface area contributed by atoms with E-state index < -0.39 is 6.10 Å². The molecule has 1 amide bonds. The normalized spacial score (nSPS) is 12.0. The van der Waals surface area contributed by atoms with Crippen molar-refractivity contribution in [3.05, 3.63) is 46.8 Å². The van der Waals surface area contributed by atoms with E-state index in [9.17, 15) is 4.79 Å². The number of benzene rings is 1. The maximum absolute atomic E-state index is 12.3. The van der Waals surface area contributed by atoms with E-state index in [1.54, 1.807) is 31.2 Å². The highest BCUT2D eigenvalue weighted by Gasteiger charge is 2.18. The van der Waals surface area contributed by atoms with E-state index in [4.69, 9.17) is 14.4 Å². The SMILES string of the molecule is CCc1noc(CC)c1CNC(=O)C(C)Oc1cccc(CO)c1. The zero-order valence-corrected chi connectivity index (χ0v) is 14.3. The number of carbonyl (C=O) groups is 1. The first-order valence-corrected chi connectivity index (χ1v) is 8.19. The van der Waals surface area contributed by atoms with E-state index in [-0.39, 0.29) is 12.5 Å². The lowest BCUT2D eigenvalue weighted by Crippen LogP contribution is -2.36. The van der Waals surface area contributed by atoms with Crippen LogP contribution in [0.4, 0.5) is 0 Å². The van der Waals surface area contributed by atoms with Crippen LogP contribution in [0.5, 0.6) is 5.75 Å². The molecule has 24 heavy (non-hydrogen) atoms. The number of hydrogen-bond donors (Lipinski definition) is 2. The van der Waals surface area contributed by atoms with Crippen LogP contribution in [0.2, 0.25) is 0 Å². The number of hydrogen-bond acceptors (Lipinski definition) is 5. The molecular weight excluding hydrogens is 308 g/mol. The lowest BCUT2D eigenvalue weighted by Gasteiger charge is -2.15. The van der Waals surface area contributed by atoms with Gasteiger partial charge in [-0.25, -0.2) is 0 Å². The number of nitrogens with one attached hydrogen (secondary N) is 1. The molecule has 6 nitrogen and oxygen atoms in total. The molecule has 0 saturated heterocycles. The molecule has 2 rings (SSSR count). The standard InChI is InChI=1S/C18H24N2O4/c1-4-16-15(17(5-2)24-20-16)10-19-18(22)12(3)23-14-8-6-7-13(9-14)11-21/h6-9,12,21H,4-5,10-11H2,1-3H3,(H,19,22). The van der Waals surface area contributed by atoms with Crippen molar-refractivity contribution in [1.82, 2.24) is 10.5 Å². The van der Waals surface area contributed by atoms with Gasteiger partial charge in [-0.15, -0.1) is 0 Å². The molecule has 1 heterocycles. The van der Waals surface area contributed by atoms with Crippen LogP contribution in [0.3, 0.4) is 0 Å². The molecule has 1 aromatic carbocycles. The first kappa shape index (κ1) is 18.0. The maximum atomic E-state index is 12.3. The molecule has 0 radical (unpaired) electrons. The van der Waals surface area contributed by atoms with Crippen molar-refractivity contribution in [2.75, 3.05) is 0 Å². The maximum Gasteiger partial charge on any atom is 0.261 e. The Bertz CT molecular complexity index is 660. The van der Waals surface area contributed by atoms with Gasteiger partial charge in [0, 0.05) is 18.5 Å². The molecule has 130 valence electrons. The van der Waals surface area contributed by atoms with E-state index in [1.807, 2.05) is 13.8 Å². The average Bonchev–Trinajstić information content (AvgIpc) is 3.01. The summed E-state index contributed by atoms with van der Waals surface area (Å²) in [5.74, 6) is 1.14. The molecule has 0 aliphatic rings. The Labute approximate surface area is 141 Å². The lowest BCUT2D eigenvalue weighted by atomic mass is 10.1. The summed E-state index contributed by atoms with van der Waals surface area (Å²) in [6.45, 7) is 5.99. The Morgan fingerprint density at radius 1 is 1.38 bits per heavy atom. The van der Waals surface area contributed by atoms with Crippen molar-refractivity contribution in [3.8, 4) is 5.75 Å². The Morgan fingerprint density at radius 3 is 2.83 bits per heavy atom. The second-order valence-corrected chi connectivity index (χ2v) is 5.52. The number of amides is 1. The minimum atomic E-state index is -0.644. The fourth-order valence-corrected chi connectivity index (χ4v) is 2.43. The Kier molecular flexibility index (Phi) is 6.37. The van der Waals surface area contributed by atoms with Crippen LogP contribution in [0.15, 0.2) is 28.8 Å². The monoisotopic (exact) mass is 332 g/mol. The first-order valence-electron chi connectivity index (χ1n) is 8.19. The quantitative estimate of drug-likeness (QED) is 0.775. The van der Waals surface area contributed by atoms with Crippen LogP contribution < -0.4 is 10.1 Å². The van der Waals surface area contributed by atoms with Gasteiger partial charge in [0.2, 0.25) is 0 Å². The highest BCUT2D eigenvalue weighted by atomic mass is 16.5. The highest BCUT2D eigenvalue weighted by molar-refractivity contribution is 5.80. The molecule has 0 fully saturated rings. The van der Waals surface area contributed by atoms with Gasteiger partial charge >= 0.3 is 0 Å². The van der Waals surface area contributed by atoms with Gasteiger partial charge in [0.05, 0.1) is 12.3 Å². The van der Waals surface area contributed by atoms with Crippen molar-refractivity contribution in [2.24, 2.45) is 0 Å². The van der Waals surface area contributed by atoms with Crippen LogP contribution in [0, 0.1) is 0 Å². The summed E-state index contributed by atoms with van der Waals surface area (Å²) in [5, 5.41) is 16.0. The number of aryl methyl sites for hydroxylation is 2. The molecule has 1 atom stereocenters. The molecular formula is C18H24N2O4. The topological polar surface area (TPSA) is 84.6 Å². The second-order valence-electron chi connectivity index (χ2n) is 5.52. The number of aliphatic hydroxyl groups is 1. The van der Waals surface area contributed by atoms with Gasteiger partial charge < -0.3 is 19.7 Å². The highest BCUT2D eigenvalue weighted by Crippen LogP contribution is 2.17. The molecule has 6 heteroatoms. The van der Waals surface area contributed by atoms with E-state index >= 15 is 0 Å². The van der Waals surface area contributed by atoms with Crippen LogP contribution in [0.25, 0.3) is 0 Å². The summed E-state index contributed by atoms with van der Waals surface area (Å²) in [5.41, 5.74) is 2.56. The Hall–Kier alpha value is -2.34. The molecule has 2 aromatic rings. The summed E-state index contributed by atoms with van der Waals surface area (Å²) < 4.78 is 10.9. The second kappa shape index (κ2) is 8.49. The van der Waals surface area contributed by atoms with Crippen molar-refractivity contribution in [1.29, 1.82) is 0 Å². The predicted molar refractivity (Wildman–Crippen MR) is 89.6 cm³/mol. The largest absolute Gasteiger partial charge is 0.481 e. The molecule has 2 N–H and O–H groups in total. The summed E-state index contributed by atoms with van der Waals surface area (Å²) in [6.07, 6.45) is 0.848. The molecule has 0 saturated carbocycles. The number of carbonyl (C=O) groups excluding carboxylic acids is 1. The van der Waals surface area contributed by atoms with E-state index in [0.717, 1.165) is 35.4 Å². The summed E-state index contributed by atoms with van der Waals surface area (Å²) in [4.78, 5) is 12.3. The summed E-state index contributed by atoms with van der Waals surface area (Å²) >= 11 is 0. The lowest BCUT2D eigenvalue weighted by molar-refractivity contribution is -0.127. The summed E-state index contributed by atoms with van der Waals surface area (Å²) in [6, 6.07) is 7.05. The van der Waals surface area contributed by atoms with Gasteiger partial charge in [-0.05, 0) is 31.0 Å². The number of aromatic nitrogens is 1. The third-order valence-corrected chi connectivity index (χ3v) is 3.81. The van der Waals surface area contributed by atoms with Gasteiger partial charge in [-0.1, -0.05) is 31.1 Å². The van der Waals surface area contributed by atoms with E-state index in [0.29, 0.717) is 12.3 Å². The third kappa shape index (κ3) is 4.35. The molecule has 1 aromatic heterocycles. The zero-order valence-electron chi connectivity index (χ0n) is 14.3. The molecule has 0 aliphatic carbocycles. The predicted octanol–water partition coefficient (Wildman–Crippen LogP) is 2.38. The number of nitrogens with zero attached hydrogens (tertiary/aromatic N) is 1. The van der Waals surface area contributed by atoms with Crippen LogP contribution in [-0.2, 0) is 30.8 Å². The van der Waals surface area contributed by atoms with Gasteiger partial charge in [0.15, 0.2) is 6.10 Å².